The maximum absolute atomic E-state index is 12.1. The van der Waals surface area contributed by atoms with Gasteiger partial charge in [-0.25, -0.2) is 0 Å². The summed E-state index contributed by atoms with van der Waals surface area (Å²) in [5.41, 5.74) is 1.59. The van der Waals surface area contributed by atoms with E-state index in [-0.39, 0.29) is 0 Å². The molecule has 2 aromatic carbocycles. The smallest absolute Gasteiger partial charge is 0.251 e. The largest absolute Gasteiger partial charge is 0.495 e. The maximum atomic E-state index is 12.1. The van der Waals surface area contributed by atoms with E-state index in [4.69, 9.17) is 16.3 Å². The first kappa shape index (κ1) is 18.1. The second-order valence-corrected chi connectivity index (χ2v) is 5.86. The van der Waals surface area contributed by atoms with E-state index in [0.717, 1.165) is 5.56 Å². The number of carbonyl (C=O) groups is 1. The molecule has 1 amide bonds. The van der Waals surface area contributed by atoms with E-state index >= 15 is 0 Å². The highest BCUT2D eigenvalue weighted by molar-refractivity contribution is 6.30. The molecule has 0 bridgehead atoms. The highest BCUT2D eigenvalue weighted by Crippen LogP contribution is 2.24. The van der Waals surface area contributed by atoms with Crippen LogP contribution >= 0.6 is 11.6 Å². The standard InChI is InChI=1S/C18H21ClN2O3/c1-12(21-15-8-3-4-9-16(15)24-2)17(22)18(23)20-11-13-6-5-7-14(19)10-13/h3-10,12,17,21-22H,11H2,1-2H3,(H,20,23). The second-order valence-electron chi connectivity index (χ2n) is 5.43. The molecule has 0 saturated heterocycles. The Bertz CT molecular complexity index is 693. The zero-order chi connectivity index (χ0) is 17.5. The van der Waals surface area contributed by atoms with E-state index in [1.807, 2.05) is 30.3 Å². The molecule has 2 atom stereocenters. The molecule has 0 aliphatic heterocycles. The maximum Gasteiger partial charge on any atom is 0.251 e. The van der Waals surface area contributed by atoms with Gasteiger partial charge in [-0.1, -0.05) is 35.9 Å². The number of ether oxygens (including phenoxy) is 1. The first-order valence-corrected chi connectivity index (χ1v) is 7.99. The number of carbonyl (C=O) groups excluding carboxylic acids is 1. The average molecular weight is 349 g/mol. The van der Waals surface area contributed by atoms with Gasteiger partial charge in [-0.3, -0.25) is 4.79 Å². The molecular formula is C18H21ClN2O3. The van der Waals surface area contributed by atoms with Gasteiger partial charge in [0.25, 0.3) is 5.91 Å². The van der Waals surface area contributed by atoms with Crippen molar-refractivity contribution >= 4 is 23.2 Å². The Morgan fingerprint density at radius 3 is 2.71 bits per heavy atom. The predicted octanol–water partition coefficient (Wildman–Crippen LogP) is 2.83. The quantitative estimate of drug-likeness (QED) is 0.719. The Hall–Kier alpha value is -2.24. The fraction of sp³-hybridized carbons (Fsp3) is 0.278. The van der Waals surface area contributed by atoms with Crippen molar-refractivity contribution in [3.63, 3.8) is 0 Å². The fourth-order valence-electron chi connectivity index (χ4n) is 2.26. The van der Waals surface area contributed by atoms with E-state index < -0.39 is 18.1 Å². The minimum atomic E-state index is -1.20. The molecule has 6 heteroatoms. The van der Waals surface area contributed by atoms with Crippen molar-refractivity contribution in [3.8, 4) is 5.75 Å². The van der Waals surface area contributed by atoms with E-state index in [1.54, 1.807) is 32.2 Å². The topological polar surface area (TPSA) is 70.6 Å². The molecule has 0 aromatic heterocycles. The zero-order valence-corrected chi connectivity index (χ0v) is 14.4. The molecule has 0 aliphatic carbocycles. The number of amides is 1. The average Bonchev–Trinajstić information content (AvgIpc) is 2.59. The minimum Gasteiger partial charge on any atom is -0.495 e. The number of benzene rings is 2. The molecule has 0 heterocycles. The summed E-state index contributed by atoms with van der Waals surface area (Å²) in [4.78, 5) is 12.1. The Kier molecular flexibility index (Phi) is 6.46. The highest BCUT2D eigenvalue weighted by atomic mass is 35.5. The molecule has 5 nitrogen and oxygen atoms in total. The van der Waals surface area contributed by atoms with Gasteiger partial charge in [0, 0.05) is 11.6 Å². The van der Waals surface area contributed by atoms with Crippen LogP contribution in [0.3, 0.4) is 0 Å². The summed E-state index contributed by atoms with van der Waals surface area (Å²) in [7, 11) is 1.57. The third-order valence-electron chi connectivity index (χ3n) is 3.59. The number of rotatable bonds is 7. The Morgan fingerprint density at radius 1 is 1.25 bits per heavy atom. The van der Waals surface area contributed by atoms with Crippen molar-refractivity contribution in [2.75, 3.05) is 12.4 Å². The third-order valence-corrected chi connectivity index (χ3v) is 3.82. The van der Waals surface area contributed by atoms with Gasteiger partial charge in [0.2, 0.25) is 0 Å². The first-order chi connectivity index (χ1) is 11.5. The number of aliphatic hydroxyl groups excluding tert-OH is 1. The minimum absolute atomic E-state index is 0.303. The van der Waals surface area contributed by atoms with E-state index in [2.05, 4.69) is 10.6 Å². The van der Waals surface area contributed by atoms with Crippen LogP contribution in [0, 0.1) is 0 Å². The Labute approximate surface area is 146 Å². The van der Waals surface area contributed by atoms with Gasteiger partial charge in [-0.2, -0.15) is 0 Å². The van der Waals surface area contributed by atoms with Crippen LogP contribution in [0.1, 0.15) is 12.5 Å². The summed E-state index contributed by atoms with van der Waals surface area (Å²) in [5.74, 6) is 0.195. The Balaban J connectivity index is 1.92. The van der Waals surface area contributed by atoms with Crippen molar-refractivity contribution in [1.82, 2.24) is 5.32 Å². The van der Waals surface area contributed by atoms with Gasteiger partial charge in [-0.15, -0.1) is 0 Å². The van der Waals surface area contributed by atoms with E-state index in [1.165, 1.54) is 0 Å². The molecule has 2 aromatic rings. The zero-order valence-electron chi connectivity index (χ0n) is 13.6. The molecule has 0 aliphatic rings. The van der Waals surface area contributed by atoms with Crippen molar-refractivity contribution < 1.29 is 14.6 Å². The normalized spacial score (nSPS) is 13.0. The van der Waals surface area contributed by atoms with Crippen LogP contribution < -0.4 is 15.4 Å². The van der Waals surface area contributed by atoms with Crippen molar-refractivity contribution in [2.45, 2.75) is 25.6 Å². The lowest BCUT2D eigenvalue weighted by atomic mass is 10.1. The van der Waals surface area contributed by atoms with Crippen molar-refractivity contribution in [3.05, 3.63) is 59.1 Å². The summed E-state index contributed by atoms with van der Waals surface area (Å²) in [6, 6.07) is 14.0. The van der Waals surface area contributed by atoms with Gasteiger partial charge in [0.05, 0.1) is 18.8 Å². The molecule has 0 fully saturated rings. The number of aliphatic hydroxyl groups is 1. The van der Waals surface area contributed by atoms with Gasteiger partial charge in [0.1, 0.15) is 5.75 Å². The first-order valence-electron chi connectivity index (χ1n) is 7.61. The predicted molar refractivity (Wildman–Crippen MR) is 95.4 cm³/mol. The third kappa shape index (κ3) is 4.88. The second kappa shape index (κ2) is 8.57. The lowest BCUT2D eigenvalue weighted by Crippen LogP contribution is -2.43. The molecule has 0 saturated carbocycles. The molecular weight excluding hydrogens is 328 g/mol. The number of para-hydroxylation sites is 2. The molecule has 24 heavy (non-hydrogen) atoms. The molecule has 0 spiro atoms. The summed E-state index contributed by atoms with van der Waals surface area (Å²) in [6.07, 6.45) is -1.20. The van der Waals surface area contributed by atoms with Crippen LogP contribution in [0.25, 0.3) is 0 Å². The van der Waals surface area contributed by atoms with Gasteiger partial charge in [0.15, 0.2) is 6.10 Å². The molecule has 128 valence electrons. The molecule has 0 radical (unpaired) electrons. The number of methoxy groups -OCH3 is 1. The lowest BCUT2D eigenvalue weighted by Gasteiger charge is -2.22. The number of nitrogens with one attached hydrogen (secondary N) is 2. The van der Waals surface area contributed by atoms with Crippen LogP contribution in [0.4, 0.5) is 5.69 Å². The van der Waals surface area contributed by atoms with Gasteiger partial charge in [-0.05, 0) is 36.8 Å². The molecule has 3 N–H and O–H groups in total. The van der Waals surface area contributed by atoms with Crippen LogP contribution in [-0.4, -0.2) is 30.3 Å². The summed E-state index contributed by atoms with van der Waals surface area (Å²) in [6.45, 7) is 2.04. The van der Waals surface area contributed by atoms with E-state index in [9.17, 15) is 9.90 Å². The fourth-order valence-corrected chi connectivity index (χ4v) is 2.47. The van der Waals surface area contributed by atoms with Crippen molar-refractivity contribution in [1.29, 1.82) is 0 Å². The Morgan fingerprint density at radius 2 is 2.00 bits per heavy atom. The number of hydrogen-bond donors (Lipinski definition) is 3. The van der Waals surface area contributed by atoms with Crippen LogP contribution in [0.5, 0.6) is 5.75 Å². The van der Waals surface area contributed by atoms with Gasteiger partial charge >= 0.3 is 0 Å². The lowest BCUT2D eigenvalue weighted by molar-refractivity contribution is -0.129. The summed E-state index contributed by atoms with van der Waals surface area (Å²) >= 11 is 5.91. The summed E-state index contributed by atoms with van der Waals surface area (Å²) in [5, 5.41) is 16.6. The van der Waals surface area contributed by atoms with Gasteiger partial charge < -0.3 is 20.5 Å². The van der Waals surface area contributed by atoms with E-state index in [0.29, 0.717) is 23.0 Å². The van der Waals surface area contributed by atoms with Crippen LogP contribution in [0.15, 0.2) is 48.5 Å². The van der Waals surface area contributed by atoms with Crippen LogP contribution in [0.2, 0.25) is 5.02 Å². The molecule has 2 unspecified atom stereocenters. The number of hydrogen-bond acceptors (Lipinski definition) is 4. The summed E-state index contributed by atoms with van der Waals surface area (Å²) < 4.78 is 5.25. The number of halogens is 1. The SMILES string of the molecule is COc1ccccc1NC(C)C(O)C(=O)NCc1cccc(Cl)c1. The van der Waals surface area contributed by atoms with Crippen molar-refractivity contribution in [2.24, 2.45) is 0 Å². The van der Waals surface area contributed by atoms with Crippen LogP contribution in [-0.2, 0) is 11.3 Å². The molecule has 2 rings (SSSR count). The monoisotopic (exact) mass is 348 g/mol. The highest BCUT2D eigenvalue weighted by Gasteiger charge is 2.22. The number of anilines is 1.